The molecule has 0 saturated carbocycles. The van der Waals surface area contributed by atoms with Crippen LogP contribution in [0.1, 0.15) is 57.1 Å². The van der Waals surface area contributed by atoms with Crippen LogP contribution in [0, 0.1) is 5.92 Å². The lowest BCUT2D eigenvalue weighted by Gasteiger charge is -2.24. The maximum atomic E-state index is 13.1. The molecule has 35 heavy (non-hydrogen) atoms. The van der Waals surface area contributed by atoms with Crippen LogP contribution in [0.2, 0.25) is 0 Å². The highest BCUT2D eigenvalue weighted by molar-refractivity contribution is 5.80. The second-order valence-corrected chi connectivity index (χ2v) is 9.13. The summed E-state index contributed by atoms with van der Waals surface area (Å²) in [5.41, 5.74) is 1.52. The molecule has 8 heteroatoms. The average molecular weight is 489 g/mol. The summed E-state index contributed by atoms with van der Waals surface area (Å²) in [6.07, 6.45) is -1.27. The number of aliphatic hydroxyl groups excluding tert-OH is 1. The number of phenols is 2. The first-order valence-corrected chi connectivity index (χ1v) is 11.6. The summed E-state index contributed by atoms with van der Waals surface area (Å²) < 4.78 is 15.6. The molecule has 2 aromatic rings. The molecule has 3 unspecified atom stereocenters. The zero-order chi connectivity index (χ0) is 26.1. The maximum Gasteiger partial charge on any atom is 0.303 e. The van der Waals surface area contributed by atoms with Crippen LogP contribution >= 0.6 is 0 Å². The molecule has 0 radical (unpaired) electrons. The second-order valence-electron chi connectivity index (χ2n) is 9.13. The van der Waals surface area contributed by atoms with Crippen molar-refractivity contribution in [1.29, 1.82) is 0 Å². The van der Waals surface area contributed by atoms with Gasteiger partial charge in [-0.1, -0.05) is 26.0 Å². The third kappa shape index (κ3) is 8.47. The number of carbonyl (C=O) groups is 2. The molecule has 3 atom stereocenters. The van der Waals surface area contributed by atoms with E-state index >= 15 is 0 Å². The van der Waals surface area contributed by atoms with E-state index in [1.54, 1.807) is 30.3 Å². The molecule has 0 aromatic heterocycles. The Balaban J connectivity index is 2.17. The maximum absolute atomic E-state index is 13.1. The number of aliphatic hydroxyl groups is 1. The standard InChI is InChI=1S/C27H36O8/c1-16(2)10-20(19-7-9-23(31)26(14-19)34-5)13-21(29)15-27(35-17(3)28)24(32)11-18-6-8-22(30)25(12-18)33-4/h6-9,12,14,16,20,24,27,30-32H,10-11,13,15H2,1-5H3. The van der Waals surface area contributed by atoms with E-state index in [2.05, 4.69) is 13.8 Å². The number of hydrogen-bond donors (Lipinski definition) is 3. The van der Waals surface area contributed by atoms with Gasteiger partial charge in [0.2, 0.25) is 0 Å². The monoisotopic (exact) mass is 488 g/mol. The van der Waals surface area contributed by atoms with E-state index in [4.69, 9.17) is 14.2 Å². The van der Waals surface area contributed by atoms with Crippen LogP contribution in [0.3, 0.4) is 0 Å². The lowest BCUT2D eigenvalue weighted by atomic mass is 9.85. The molecule has 3 N–H and O–H groups in total. The number of rotatable bonds is 13. The molecule has 0 bridgehead atoms. The van der Waals surface area contributed by atoms with Crippen molar-refractivity contribution >= 4 is 11.8 Å². The summed E-state index contributed by atoms with van der Waals surface area (Å²) in [5.74, 6) is 0.0232. The topological polar surface area (TPSA) is 123 Å². The van der Waals surface area contributed by atoms with Gasteiger partial charge in [-0.15, -0.1) is 0 Å². The molecule has 8 nitrogen and oxygen atoms in total. The zero-order valence-electron chi connectivity index (χ0n) is 21.0. The second kappa shape index (κ2) is 13.0. The fraction of sp³-hybridized carbons (Fsp3) is 0.481. The van der Waals surface area contributed by atoms with Crippen LogP contribution < -0.4 is 9.47 Å². The summed E-state index contributed by atoms with van der Waals surface area (Å²) in [7, 11) is 2.89. The first kappa shape index (κ1) is 28.0. The Morgan fingerprint density at radius 3 is 2.09 bits per heavy atom. The number of hydrogen-bond acceptors (Lipinski definition) is 8. The van der Waals surface area contributed by atoms with Gasteiger partial charge in [0, 0.05) is 26.2 Å². The summed E-state index contributed by atoms with van der Waals surface area (Å²) >= 11 is 0. The zero-order valence-corrected chi connectivity index (χ0v) is 21.0. The summed E-state index contributed by atoms with van der Waals surface area (Å²) in [6.45, 7) is 5.36. The normalized spacial score (nSPS) is 13.7. The van der Waals surface area contributed by atoms with Crippen molar-refractivity contribution in [2.45, 2.75) is 64.6 Å². The molecule has 0 aliphatic heterocycles. The van der Waals surface area contributed by atoms with E-state index in [9.17, 15) is 24.9 Å². The van der Waals surface area contributed by atoms with Crippen LogP contribution in [0.25, 0.3) is 0 Å². The Labute approximate surface area is 206 Å². The smallest absolute Gasteiger partial charge is 0.303 e. The van der Waals surface area contributed by atoms with Crippen molar-refractivity contribution in [3.8, 4) is 23.0 Å². The number of methoxy groups -OCH3 is 2. The fourth-order valence-corrected chi connectivity index (χ4v) is 4.13. The molecule has 0 saturated heterocycles. The Morgan fingerprint density at radius 1 is 0.914 bits per heavy atom. The highest BCUT2D eigenvalue weighted by Crippen LogP contribution is 2.35. The number of Topliss-reactive ketones (excluding diaryl/α,β-unsaturated/α-hetero) is 1. The number of phenolic OH excluding ortho intramolecular Hbond substituents is 2. The molecule has 0 fully saturated rings. The Hall–Kier alpha value is -3.26. The van der Waals surface area contributed by atoms with E-state index in [1.807, 2.05) is 0 Å². The molecular formula is C27H36O8. The first-order valence-electron chi connectivity index (χ1n) is 11.6. The van der Waals surface area contributed by atoms with E-state index in [1.165, 1.54) is 27.2 Å². The molecule has 0 amide bonds. The van der Waals surface area contributed by atoms with Crippen molar-refractivity contribution < 1.29 is 39.1 Å². The first-order chi connectivity index (χ1) is 16.5. The molecule has 0 spiro atoms. The van der Waals surface area contributed by atoms with Crippen molar-refractivity contribution in [2.24, 2.45) is 5.92 Å². The van der Waals surface area contributed by atoms with Crippen LogP contribution in [0.4, 0.5) is 0 Å². The predicted octanol–water partition coefficient (Wildman–Crippen LogP) is 4.13. The Kier molecular flexibility index (Phi) is 10.4. The van der Waals surface area contributed by atoms with Gasteiger partial charge in [0.05, 0.1) is 20.3 Å². The number of aromatic hydroxyl groups is 2. The molecule has 0 aliphatic rings. The van der Waals surface area contributed by atoms with E-state index < -0.39 is 18.2 Å². The van der Waals surface area contributed by atoms with Gasteiger partial charge < -0.3 is 29.5 Å². The Bertz CT molecular complexity index is 1000. The SMILES string of the molecule is COc1cc(CC(O)C(CC(=O)CC(CC(C)C)c2ccc(O)c(OC)c2)OC(C)=O)ccc1O. The van der Waals surface area contributed by atoms with Gasteiger partial charge in [0.25, 0.3) is 0 Å². The van der Waals surface area contributed by atoms with Gasteiger partial charge in [0.15, 0.2) is 23.0 Å². The molecule has 2 aromatic carbocycles. The van der Waals surface area contributed by atoms with Gasteiger partial charge >= 0.3 is 5.97 Å². The number of ketones is 1. The summed E-state index contributed by atoms with van der Waals surface area (Å²) in [4.78, 5) is 24.8. The highest BCUT2D eigenvalue weighted by atomic mass is 16.6. The van der Waals surface area contributed by atoms with Gasteiger partial charge in [0.1, 0.15) is 11.9 Å². The van der Waals surface area contributed by atoms with Crippen molar-refractivity contribution in [3.63, 3.8) is 0 Å². The Morgan fingerprint density at radius 2 is 1.51 bits per heavy atom. The van der Waals surface area contributed by atoms with Crippen LogP contribution in [-0.2, 0) is 20.7 Å². The lowest BCUT2D eigenvalue weighted by molar-refractivity contribution is -0.154. The minimum Gasteiger partial charge on any atom is -0.504 e. The van der Waals surface area contributed by atoms with Crippen molar-refractivity contribution in [1.82, 2.24) is 0 Å². The third-order valence-corrected chi connectivity index (χ3v) is 5.77. The number of esters is 1. The van der Waals surface area contributed by atoms with Gasteiger partial charge in [-0.2, -0.15) is 0 Å². The van der Waals surface area contributed by atoms with E-state index in [0.717, 1.165) is 12.0 Å². The average Bonchev–Trinajstić information content (AvgIpc) is 2.79. The quantitative estimate of drug-likeness (QED) is 0.360. The number of ether oxygens (including phenoxy) is 3. The van der Waals surface area contributed by atoms with Crippen molar-refractivity contribution in [2.75, 3.05) is 14.2 Å². The molecule has 192 valence electrons. The molecule has 0 aliphatic carbocycles. The largest absolute Gasteiger partial charge is 0.504 e. The summed E-state index contributed by atoms with van der Waals surface area (Å²) in [5, 5.41) is 30.5. The number of benzene rings is 2. The lowest BCUT2D eigenvalue weighted by Crippen LogP contribution is -2.34. The molecule has 0 heterocycles. The van der Waals surface area contributed by atoms with Gasteiger partial charge in [-0.3, -0.25) is 9.59 Å². The minimum atomic E-state index is -1.13. The van der Waals surface area contributed by atoms with Gasteiger partial charge in [-0.25, -0.2) is 0 Å². The predicted molar refractivity (Wildman–Crippen MR) is 131 cm³/mol. The molecule has 2 rings (SSSR count). The van der Waals surface area contributed by atoms with E-state index in [-0.39, 0.29) is 48.2 Å². The van der Waals surface area contributed by atoms with Crippen molar-refractivity contribution in [3.05, 3.63) is 47.5 Å². The summed E-state index contributed by atoms with van der Waals surface area (Å²) in [6, 6.07) is 9.71. The van der Waals surface area contributed by atoms with E-state index in [0.29, 0.717) is 17.2 Å². The highest BCUT2D eigenvalue weighted by Gasteiger charge is 2.28. The number of carbonyl (C=O) groups excluding carboxylic acids is 2. The third-order valence-electron chi connectivity index (χ3n) is 5.77. The fourth-order valence-electron chi connectivity index (χ4n) is 4.13. The van der Waals surface area contributed by atoms with Crippen LogP contribution in [0.5, 0.6) is 23.0 Å². The van der Waals surface area contributed by atoms with Crippen LogP contribution in [0.15, 0.2) is 36.4 Å². The van der Waals surface area contributed by atoms with Gasteiger partial charge in [-0.05, 0) is 53.6 Å². The minimum absolute atomic E-state index is 0.0229. The molecular weight excluding hydrogens is 452 g/mol. The van der Waals surface area contributed by atoms with Crippen LogP contribution in [-0.4, -0.2) is 53.5 Å².